The molecule has 204 valence electrons. The Bertz CT molecular complexity index is 1300. The second-order valence-corrected chi connectivity index (χ2v) is 10.7. The van der Waals surface area contributed by atoms with Gasteiger partial charge in [-0.15, -0.1) is 0 Å². The van der Waals surface area contributed by atoms with Crippen molar-refractivity contribution in [1.29, 1.82) is 0 Å². The quantitative estimate of drug-likeness (QED) is 0.229. The minimum Gasteiger partial charge on any atom is -0.353 e. The van der Waals surface area contributed by atoms with Crippen LogP contribution in [0.5, 0.6) is 0 Å². The molecule has 0 fully saturated rings. The number of carbonyl (C=O) groups excluding carboxylic acids is 2. The van der Waals surface area contributed by atoms with Crippen LogP contribution >= 0.6 is 11.9 Å². The largest absolute Gasteiger partial charge is 0.353 e. The zero-order valence-electron chi connectivity index (χ0n) is 22.4. The van der Waals surface area contributed by atoms with E-state index in [1.807, 2.05) is 64.1 Å². The first-order valence-electron chi connectivity index (χ1n) is 12.4. The zero-order chi connectivity index (χ0) is 27.7. The normalized spacial score (nSPS) is 11.4. The van der Waals surface area contributed by atoms with Crippen LogP contribution in [0.3, 0.4) is 0 Å². The van der Waals surface area contributed by atoms with Gasteiger partial charge in [0.1, 0.15) is 12.2 Å². The molecule has 0 aliphatic carbocycles. The second-order valence-electron chi connectivity index (χ2n) is 9.97. The van der Waals surface area contributed by atoms with E-state index in [-0.39, 0.29) is 36.9 Å². The molecule has 0 unspecified atom stereocenters. The maximum Gasteiger partial charge on any atom is 0.275 e. The molecule has 2 heterocycles. The van der Waals surface area contributed by atoms with Crippen molar-refractivity contribution >= 4 is 29.3 Å². The first-order chi connectivity index (χ1) is 18.0. The van der Waals surface area contributed by atoms with Gasteiger partial charge in [0.15, 0.2) is 5.78 Å². The number of nitrogens with zero attached hydrogens (tertiary/aromatic N) is 3. The molecule has 0 bridgehead atoms. The molecular weight excluding hydrogens is 502 g/mol. The lowest BCUT2D eigenvalue weighted by molar-refractivity contribution is -0.122. The van der Waals surface area contributed by atoms with Crippen molar-refractivity contribution in [3.8, 4) is 0 Å². The van der Waals surface area contributed by atoms with Crippen LogP contribution in [0.4, 0.5) is 5.69 Å². The number of hydrogen-bond donors (Lipinski definition) is 4. The van der Waals surface area contributed by atoms with Crippen LogP contribution in [0.1, 0.15) is 36.5 Å². The molecule has 0 radical (unpaired) electrons. The molecule has 0 aliphatic heterocycles. The van der Waals surface area contributed by atoms with Gasteiger partial charge in [0, 0.05) is 30.1 Å². The van der Waals surface area contributed by atoms with Crippen LogP contribution in [-0.4, -0.2) is 44.4 Å². The van der Waals surface area contributed by atoms with Gasteiger partial charge in [-0.3, -0.25) is 14.4 Å². The Kier molecular flexibility index (Phi) is 10.3. The number of ketones is 1. The number of hydrogen-bond acceptors (Lipinski definition) is 8. The van der Waals surface area contributed by atoms with E-state index in [2.05, 4.69) is 20.3 Å². The first-order valence-corrected chi connectivity index (χ1v) is 13.4. The highest BCUT2D eigenvalue weighted by atomic mass is 32.2. The molecule has 3 aromatic rings. The van der Waals surface area contributed by atoms with E-state index in [1.165, 1.54) is 16.5 Å². The summed E-state index contributed by atoms with van der Waals surface area (Å²) in [5.74, 6) is 0.416. The van der Waals surface area contributed by atoms with Gasteiger partial charge < -0.3 is 30.2 Å². The summed E-state index contributed by atoms with van der Waals surface area (Å²) in [4.78, 5) is 42.3. The monoisotopic (exact) mass is 539 g/mol. The van der Waals surface area contributed by atoms with E-state index in [9.17, 15) is 14.4 Å². The number of pyridine rings is 1. The van der Waals surface area contributed by atoms with Crippen LogP contribution in [0.2, 0.25) is 0 Å². The molecule has 5 N–H and O–H groups in total. The van der Waals surface area contributed by atoms with Crippen LogP contribution in [0.25, 0.3) is 0 Å². The average molecular weight is 540 g/mol. The fourth-order valence-corrected chi connectivity index (χ4v) is 4.42. The smallest absolute Gasteiger partial charge is 0.275 e. The van der Waals surface area contributed by atoms with Gasteiger partial charge in [0.25, 0.3) is 5.56 Å². The molecule has 3 rings (SSSR count). The Hall–Kier alpha value is -3.41. The highest BCUT2D eigenvalue weighted by Crippen LogP contribution is 2.14. The van der Waals surface area contributed by atoms with Crippen molar-refractivity contribution in [2.75, 3.05) is 17.8 Å². The van der Waals surface area contributed by atoms with Gasteiger partial charge in [-0.25, -0.2) is 4.98 Å². The van der Waals surface area contributed by atoms with Gasteiger partial charge in [-0.1, -0.05) is 30.3 Å². The Labute approximate surface area is 227 Å². The van der Waals surface area contributed by atoms with Gasteiger partial charge in [-0.05, 0) is 57.3 Å². The Morgan fingerprint density at radius 1 is 1.08 bits per heavy atom. The summed E-state index contributed by atoms with van der Waals surface area (Å²) < 4.78 is 6.35. The number of aryl methyl sites for hydroxylation is 2. The Morgan fingerprint density at radius 2 is 1.82 bits per heavy atom. The number of rotatable bonds is 14. The molecule has 38 heavy (non-hydrogen) atoms. The first kappa shape index (κ1) is 29.2. The lowest BCUT2D eigenvalue weighted by Crippen LogP contribution is -2.45. The van der Waals surface area contributed by atoms with Crippen molar-refractivity contribution in [3.05, 3.63) is 81.8 Å². The summed E-state index contributed by atoms with van der Waals surface area (Å²) in [7, 11) is 0. The third-order valence-electron chi connectivity index (χ3n) is 5.82. The number of nitrogens with two attached hydrogens (primary N) is 1. The second kappa shape index (κ2) is 13.4. The Morgan fingerprint density at radius 3 is 2.53 bits per heavy atom. The molecule has 1 aromatic carbocycles. The van der Waals surface area contributed by atoms with Crippen molar-refractivity contribution in [3.63, 3.8) is 0 Å². The standard InChI is InChI=1S/C27H37N7O3S/c1-19-10-11-23(32-38-16-21-8-6-5-7-9-21)26(37)34(19)14-22(35)12-29-13-24-20(2)31-18-33(24)15-25(36)30-17-27(3,4)28/h5-11,18,29,32H,12-17,28H2,1-4H3,(H,30,36). The fourth-order valence-electron chi connectivity index (χ4n) is 3.68. The van der Waals surface area contributed by atoms with Crippen molar-refractivity contribution in [1.82, 2.24) is 24.8 Å². The number of benzene rings is 1. The maximum atomic E-state index is 13.0. The fraction of sp³-hybridized carbons (Fsp3) is 0.407. The van der Waals surface area contributed by atoms with E-state index >= 15 is 0 Å². The van der Waals surface area contributed by atoms with Crippen LogP contribution < -0.4 is 26.6 Å². The molecule has 2 aromatic heterocycles. The minimum atomic E-state index is -0.498. The predicted octanol–water partition coefficient (Wildman–Crippen LogP) is 2.13. The van der Waals surface area contributed by atoms with Gasteiger partial charge in [0.05, 0.1) is 30.8 Å². The number of anilines is 1. The number of Topliss-reactive ketones (excluding diaryl/α,β-unsaturated/α-hetero) is 1. The summed E-state index contributed by atoms with van der Waals surface area (Å²) >= 11 is 1.43. The molecule has 10 nitrogen and oxygen atoms in total. The topological polar surface area (TPSA) is 136 Å². The van der Waals surface area contributed by atoms with E-state index in [1.54, 1.807) is 17.0 Å². The van der Waals surface area contributed by atoms with Gasteiger partial charge in [-0.2, -0.15) is 0 Å². The molecule has 1 amide bonds. The summed E-state index contributed by atoms with van der Waals surface area (Å²) in [6.45, 7) is 8.22. The molecule has 11 heteroatoms. The molecule has 0 aliphatic rings. The molecule has 0 saturated heterocycles. The predicted molar refractivity (Wildman–Crippen MR) is 152 cm³/mol. The number of amides is 1. The van der Waals surface area contributed by atoms with E-state index in [4.69, 9.17) is 5.73 Å². The van der Waals surface area contributed by atoms with Crippen molar-refractivity contribution < 1.29 is 9.59 Å². The molecule has 0 spiro atoms. The van der Waals surface area contributed by atoms with Crippen molar-refractivity contribution in [2.45, 2.75) is 58.6 Å². The highest BCUT2D eigenvalue weighted by molar-refractivity contribution is 7.99. The number of imidazole rings is 1. The molecule has 0 atom stereocenters. The average Bonchev–Trinajstić information content (AvgIpc) is 3.21. The minimum absolute atomic E-state index is 0.0357. The van der Waals surface area contributed by atoms with E-state index in [0.717, 1.165) is 17.0 Å². The van der Waals surface area contributed by atoms with Gasteiger partial charge >= 0.3 is 0 Å². The van der Waals surface area contributed by atoms with Crippen LogP contribution in [0, 0.1) is 13.8 Å². The third-order valence-corrected chi connectivity index (χ3v) is 6.66. The highest BCUT2D eigenvalue weighted by Gasteiger charge is 2.15. The lowest BCUT2D eigenvalue weighted by Gasteiger charge is -2.19. The van der Waals surface area contributed by atoms with Crippen LogP contribution in [-0.2, 0) is 35.0 Å². The summed E-state index contributed by atoms with van der Waals surface area (Å²) in [5.41, 5.74) is 9.08. The number of nitrogens with one attached hydrogen (secondary N) is 3. The van der Waals surface area contributed by atoms with Crippen LogP contribution in [0.15, 0.2) is 53.6 Å². The summed E-state index contributed by atoms with van der Waals surface area (Å²) in [5, 5.41) is 5.95. The maximum absolute atomic E-state index is 13.0. The van der Waals surface area contributed by atoms with E-state index < -0.39 is 5.54 Å². The van der Waals surface area contributed by atoms with Gasteiger partial charge in [0.2, 0.25) is 5.91 Å². The number of carbonyl (C=O) groups is 2. The third kappa shape index (κ3) is 8.86. The van der Waals surface area contributed by atoms with Crippen molar-refractivity contribution in [2.24, 2.45) is 5.73 Å². The van der Waals surface area contributed by atoms with E-state index in [0.29, 0.717) is 30.2 Å². The Balaban J connectivity index is 1.52. The summed E-state index contributed by atoms with van der Waals surface area (Å²) in [6, 6.07) is 13.5. The zero-order valence-corrected chi connectivity index (χ0v) is 23.2. The summed E-state index contributed by atoms with van der Waals surface area (Å²) in [6.07, 6.45) is 1.61. The molecule has 0 saturated carbocycles. The SMILES string of the molecule is Cc1ncn(CC(=O)NCC(C)(C)N)c1CNCC(=O)Cn1c(C)ccc(NSCc2ccccc2)c1=O. The number of aromatic nitrogens is 3. The molecular formula is C27H37N7O3S. The lowest BCUT2D eigenvalue weighted by atomic mass is 10.1.